The Bertz CT molecular complexity index is 847. The Labute approximate surface area is 148 Å². The standard InChI is InChI=1S/C19H21NO4S/c21-25(22,16-9-10-17-18(13-16)24-12-4-11-23-17)20-19(15-7-8-15)14-5-2-1-3-6-14/h1-3,5-6,9-10,13,15,19-20H,4,7-8,11-12H2/t19-/m0/s1. The Balaban J connectivity index is 1.62. The van der Waals surface area contributed by atoms with Gasteiger partial charge in [0.05, 0.1) is 18.1 Å². The van der Waals surface area contributed by atoms with Crippen LogP contribution in [0.25, 0.3) is 0 Å². The molecular formula is C19H21NO4S. The topological polar surface area (TPSA) is 64.6 Å². The van der Waals surface area contributed by atoms with Crippen molar-refractivity contribution in [2.45, 2.75) is 30.2 Å². The minimum absolute atomic E-state index is 0.192. The molecule has 1 aliphatic carbocycles. The van der Waals surface area contributed by atoms with Crippen LogP contribution >= 0.6 is 0 Å². The number of ether oxygens (including phenoxy) is 2. The monoisotopic (exact) mass is 359 g/mol. The third-order valence-electron chi connectivity index (χ3n) is 4.56. The first-order valence-electron chi connectivity index (χ1n) is 8.60. The van der Waals surface area contributed by atoms with Gasteiger partial charge in [0.25, 0.3) is 0 Å². The van der Waals surface area contributed by atoms with E-state index >= 15 is 0 Å². The van der Waals surface area contributed by atoms with Crippen molar-refractivity contribution in [1.29, 1.82) is 0 Å². The second-order valence-corrected chi connectivity index (χ2v) is 8.22. The summed E-state index contributed by atoms with van der Waals surface area (Å²) < 4.78 is 39.9. The molecule has 6 heteroatoms. The van der Waals surface area contributed by atoms with Gasteiger partial charge in [0.1, 0.15) is 0 Å². The van der Waals surface area contributed by atoms with E-state index in [1.54, 1.807) is 18.2 Å². The van der Waals surface area contributed by atoms with Gasteiger partial charge in [-0.1, -0.05) is 30.3 Å². The van der Waals surface area contributed by atoms with Gasteiger partial charge in [0.2, 0.25) is 10.0 Å². The van der Waals surface area contributed by atoms with Crippen molar-refractivity contribution in [1.82, 2.24) is 4.72 Å². The van der Waals surface area contributed by atoms with Crippen molar-refractivity contribution in [2.75, 3.05) is 13.2 Å². The summed E-state index contributed by atoms with van der Waals surface area (Å²) in [7, 11) is -3.64. The average Bonchev–Trinajstić information content (AvgIpc) is 3.46. The zero-order valence-electron chi connectivity index (χ0n) is 13.9. The fourth-order valence-electron chi connectivity index (χ4n) is 3.07. The number of hydrogen-bond donors (Lipinski definition) is 1. The summed E-state index contributed by atoms with van der Waals surface area (Å²) in [5, 5.41) is 0. The zero-order chi connectivity index (χ0) is 17.3. The van der Waals surface area contributed by atoms with Crippen molar-refractivity contribution in [3.05, 3.63) is 54.1 Å². The summed E-state index contributed by atoms with van der Waals surface area (Å²) in [6.45, 7) is 1.10. The van der Waals surface area contributed by atoms with Crippen LogP contribution in [0.2, 0.25) is 0 Å². The van der Waals surface area contributed by atoms with Gasteiger partial charge in [-0.25, -0.2) is 13.1 Å². The Morgan fingerprint density at radius 1 is 0.960 bits per heavy atom. The van der Waals surface area contributed by atoms with E-state index in [-0.39, 0.29) is 10.9 Å². The molecule has 1 aliphatic heterocycles. The molecular weight excluding hydrogens is 338 g/mol. The Hall–Kier alpha value is -2.05. The van der Waals surface area contributed by atoms with E-state index in [0.29, 0.717) is 30.6 Å². The van der Waals surface area contributed by atoms with Gasteiger partial charge in [-0.3, -0.25) is 0 Å². The number of sulfonamides is 1. The fraction of sp³-hybridized carbons (Fsp3) is 0.368. The maximum absolute atomic E-state index is 12.9. The molecule has 1 saturated carbocycles. The molecule has 0 unspecified atom stereocenters. The second kappa shape index (κ2) is 6.69. The average molecular weight is 359 g/mol. The van der Waals surface area contributed by atoms with E-state index in [4.69, 9.17) is 9.47 Å². The van der Waals surface area contributed by atoms with Crippen LogP contribution in [0.4, 0.5) is 0 Å². The Morgan fingerprint density at radius 3 is 2.40 bits per heavy atom. The first kappa shape index (κ1) is 16.4. The molecule has 2 aliphatic rings. The van der Waals surface area contributed by atoms with Crippen LogP contribution in [-0.4, -0.2) is 21.6 Å². The smallest absolute Gasteiger partial charge is 0.241 e. The van der Waals surface area contributed by atoms with E-state index in [2.05, 4.69) is 4.72 Å². The highest BCUT2D eigenvalue weighted by Gasteiger charge is 2.35. The lowest BCUT2D eigenvalue weighted by atomic mass is 10.0. The summed E-state index contributed by atoms with van der Waals surface area (Å²) in [4.78, 5) is 0.207. The van der Waals surface area contributed by atoms with Crippen molar-refractivity contribution >= 4 is 10.0 Å². The van der Waals surface area contributed by atoms with Gasteiger partial charge in [-0.2, -0.15) is 0 Å². The van der Waals surface area contributed by atoms with Crippen molar-refractivity contribution in [3.8, 4) is 11.5 Å². The molecule has 1 N–H and O–H groups in total. The van der Waals surface area contributed by atoms with E-state index in [1.807, 2.05) is 30.3 Å². The van der Waals surface area contributed by atoms with Gasteiger partial charge in [0.15, 0.2) is 11.5 Å². The van der Waals surface area contributed by atoms with Gasteiger partial charge >= 0.3 is 0 Å². The molecule has 0 spiro atoms. The van der Waals surface area contributed by atoms with Crippen LogP contribution < -0.4 is 14.2 Å². The number of rotatable bonds is 5. The van der Waals surface area contributed by atoms with Crippen LogP contribution in [-0.2, 0) is 10.0 Å². The summed E-state index contributed by atoms with van der Waals surface area (Å²) >= 11 is 0. The quantitative estimate of drug-likeness (QED) is 0.890. The maximum Gasteiger partial charge on any atom is 0.241 e. The van der Waals surface area contributed by atoms with Gasteiger partial charge in [-0.15, -0.1) is 0 Å². The summed E-state index contributed by atoms with van der Waals surface area (Å²) in [6.07, 6.45) is 2.87. The molecule has 1 fully saturated rings. The Kier molecular flexibility index (Phi) is 4.39. The third kappa shape index (κ3) is 3.65. The van der Waals surface area contributed by atoms with E-state index in [1.165, 1.54) is 0 Å². The first-order chi connectivity index (χ1) is 12.1. The van der Waals surface area contributed by atoms with Gasteiger partial charge in [0, 0.05) is 18.5 Å². The highest BCUT2D eigenvalue weighted by atomic mass is 32.2. The molecule has 4 rings (SSSR count). The van der Waals surface area contributed by atoms with E-state index in [0.717, 1.165) is 24.8 Å². The lowest BCUT2D eigenvalue weighted by Crippen LogP contribution is -2.30. The molecule has 0 amide bonds. The largest absolute Gasteiger partial charge is 0.490 e. The summed E-state index contributed by atoms with van der Waals surface area (Å²) in [5.74, 6) is 1.44. The highest BCUT2D eigenvalue weighted by Crippen LogP contribution is 2.42. The van der Waals surface area contributed by atoms with E-state index < -0.39 is 10.0 Å². The second-order valence-electron chi connectivity index (χ2n) is 6.51. The van der Waals surface area contributed by atoms with Crippen LogP contribution in [0.3, 0.4) is 0 Å². The lowest BCUT2D eigenvalue weighted by Gasteiger charge is -2.19. The molecule has 1 atom stereocenters. The van der Waals surface area contributed by atoms with Crippen LogP contribution in [0.5, 0.6) is 11.5 Å². The van der Waals surface area contributed by atoms with Crippen LogP contribution in [0.1, 0.15) is 30.9 Å². The molecule has 0 saturated heterocycles. The van der Waals surface area contributed by atoms with Crippen LogP contribution in [0.15, 0.2) is 53.4 Å². The van der Waals surface area contributed by atoms with Crippen molar-refractivity contribution < 1.29 is 17.9 Å². The van der Waals surface area contributed by atoms with Crippen molar-refractivity contribution in [2.24, 2.45) is 5.92 Å². The molecule has 1 heterocycles. The molecule has 0 radical (unpaired) electrons. The molecule has 5 nitrogen and oxygen atoms in total. The molecule has 0 bridgehead atoms. The molecule has 132 valence electrons. The Morgan fingerprint density at radius 2 is 1.68 bits per heavy atom. The summed E-state index contributed by atoms with van der Waals surface area (Å²) in [6, 6.07) is 14.4. The van der Waals surface area contributed by atoms with Crippen molar-refractivity contribution in [3.63, 3.8) is 0 Å². The molecule has 25 heavy (non-hydrogen) atoms. The molecule has 0 aromatic heterocycles. The number of benzene rings is 2. The zero-order valence-corrected chi connectivity index (χ0v) is 14.7. The van der Waals surface area contributed by atoms with Gasteiger partial charge in [-0.05, 0) is 36.5 Å². The van der Waals surface area contributed by atoms with Gasteiger partial charge < -0.3 is 9.47 Å². The maximum atomic E-state index is 12.9. The molecule has 2 aromatic rings. The minimum Gasteiger partial charge on any atom is -0.490 e. The predicted octanol–water partition coefficient (Wildman–Crippen LogP) is 3.28. The number of fused-ring (bicyclic) bond motifs is 1. The lowest BCUT2D eigenvalue weighted by molar-refractivity contribution is 0.297. The first-order valence-corrected chi connectivity index (χ1v) is 10.1. The normalized spacial score (nSPS) is 18.4. The van der Waals surface area contributed by atoms with Crippen LogP contribution in [0, 0.1) is 5.92 Å². The molecule has 2 aromatic carbocycles. The minimum atomic E-state index is -3.64. The predicted molar refractivity (Wildman–Crippen MR) is 94.3 cm³/mol. The number of hydrogen-bond acceptors (Lipinski definition) is 4. The number of nitrogens with one attached hydrogen (secondary N) is 1. The summed E-state index contributed by atoms with van der Waals surface area (Å²) in [5.41, 5.74) is 1.00. The third-order valence-corrected chi connectivity index (χ3v) is 6.00. The fourth-order valence-corrected chi connectivity index (χ4v) is 4.38. The van der Waals surface area contributed by atoms with E-state index in [9.17, 15) is 8.42 Å². The SMILES string of the molecule is O=S(=O)(N[C@@H](c1ccccc1)C1CC1)c1ccc2c(c1)OCCCO2. The highest BCUT2D eigenvalue weighted by molar-refractivity contribution is 7.89.